The number of sulfonamides is 1. The Kier molecular flexibility index (Phi) is 19.0. The third-order valence-electron chi connectivity index (χ3n) is 11.2. The molecule has 0 spiro atoms. The van der Waals surface area contributed by atoms with Crippen LogP contribution in [0.4, 0.5) is 11.4 Å². The van der Waals surface area contributed by atoms with E-state index in [1.807, 2.05) is 87.6 Å². The second-order valence-electron chi connectivity index (χ2n) is 17.5. The highest BCUT2D eigenvalue weighted by Gasteiger charge is 2.44. The van der Waals surface area contributed by atoms with Crippen LogP contribution < -0.4 is 4.90 Å². The van der Waals surface area contributed by atoms with Crippen LogP contribution >= 0.6 is 24.1 Å². The molecular weight excluding hydrogens is 891 g/mol. The van der Waals surface area contributed by atoms with Crippen LogP contribution in [0.5, 0.6) is 0 Å². The number of hydrogen-bond acceptors (Lipinski definition) is 14. The van der Waals surface area contributed by atoms with Crippen molar-refractivity contribution in [2.24, 2.45) is 5.41 Å². The molecule has 2 aromatic rings. The lowest BCUT2D eigenvalue weighted by Gasteiger charge is -2.27. The Balaban J connectivity index is 1.58. The summed E-state index contributed by atoms with van der Waals surface area (Å²) >= 11 is 1.87. The van der Waals surface area contributed by atoms with Crippen molar-refractivity contribution in [1.82, 2.24) is 4.31 Å². The average Bonchev–Trinajstić information content (AvgIpc) is 3.55. The van der Waals surface area contributed by atoms with Gasteiger partial charge in [-0.15, -0.1) is 8.67 Å². The number of nitrogens with zero attached hydrogens (tertiary/aromatic N) is 3. The summed E-state index contributed by atoms with van der Waals surface area (Å²) in [5.74, 6) is 0.368. The maximum Gasteiger partial charge on any atom is 0.264 e. The topological polar surface area (TPSA) is 192 Å². The third kappa shape index (κ3) is 13.9. The highest BCUT2D eigenvalue weighted by atomic mass is 32.2. The first-order valence-electron chi connectivity index (χ1n) is 20.7. The van der Waals surface area contributed by atoms with Gasteiger partial charge in [-0.3, -0.25) is 9.35 Å². The highest BCUT2D eigenvalue weighted by molar-refractivity contribution is 7.94. The molecule has 0 aliphatic carbocycles. The summed E-state index contributed by atoms with van der Waals surface area (Å²) in [7, 11) is -6.36. The maximum absolute atomic E-state index is 13.8. The van der Waals surface area contributed by atoms with Gasteiger partial charge in [0, 0.05) is 95.6 Å². The first-order chi connectivity index (χ1) is 29.6. The summed E-state index contributed by atoms with van der Waals surface area (Å²) in [4.78, 5) is 15.6. The van der Waals surface area contributed by atoms with Crippen LogP contribution in [0.25, 0.3) is 0 Å². The number of rotatable bonds is 25. The van der Waals surface area contributed by atoms with E-state index in [2.05, 4.69) is 55.9 Å². The van der Waals surface area contributed by atoms with Crippen LogP contribution in [0.15, 0.2) is 94.4 Å². The lowest BCUT2D eigenvalue weighted by atomic mass is 9.81. The molecule has 4 rings (SSSR count). The van der Waals surface area contributed by atoms with E-state index in [1.54, 1.807) is 19.2 Å². The number of unbranched alkanes of at least 4 members (excludes halogenated alkanes) is 2. The molecule has 0 bridgehead atoms. The van der Waals surface area contributed by atoms with Gasteiger partial charge in [-0.05, 0) is 81.5 Å². The van der Waals surface area contributed by atoms with Crippen LogP contribution in [0.3, 0.4) is 0 Å². The van der Waals surface area contributed by atoms with Crippen LogP contribution in [-0.4, -0.2) is 90.5 Å². The lowest BCUT2D eigenvalue weighted by Crippen LogP contribution is -2.29. The van der Waals surface area contributed by atoms with Crippen molar-refractivity contribution in [3.05, 3.63) is 95.8 Å². The average molecular weight is 953 g/mol. The van der Waals surface area contributed by atoms with E-state index >= 15 is 0 Å². The van der Waals surface area contributed by atoms with Crippen LogP contribution in [0.1, 0.15) is 98.1 Å². The second-order valence-corrected chi connectivity index (χ2v) is 22.6. The fraction of sp³-hybridized carbons (Fsp3) is 0.500. The first-order valence-corrected chi connectivity index (χ1v) is 25.4. The van der Waals surface area contributed by atoms with Gasteiger partial charge in [-0.25, -0.2) is 23.2 Å². The molecule has 0 saturated carbocycles. The number of carbonyl (C=O) groups excluding carboxylic acids is 1. The fourth-order valence-electron chi connectivity index (χ4n) is 7.72. The number of benzene rings is 2. The van der Waals surface area contributed by atoms with Gasteiger partial charge in [0.15, 0.2) is 5.71 Å². The minimum absolute atomic E-state index is 0.0922. The van der Waals surface area contributed by atoms with E-state index in [1.165, 1.54) is 4.31 Å². The van der Waals surface area contributed by atoms with Gasteiger partial charge in [-0.2, -0.15) is 13.0 Å². The van der Waals surface area contributed by atoms with Crippen molar-refractivity contribution in [3.63, 3.8) is 0 Å². The zero-order valence-corrected chi connectivity index (χ0v) is 40.5. The summed E-state index contributed by atoms with van der Waals surface area (Å²) in [6.07, 6.45) is 16.8. The number of ketones is 1. The van der Waals surface area contributed by atoms with Gasteiger partial charge >= 0.3 is 0 Å². The standard InChI is InChI=1S/C44H61N3O12S4/c1-42(2,3)41(48)21-18-26-45(8)63(54,55)34-23-25-38-36(32-34)44(6,7)40(46(38)27-14-16-29-60-58-56-49)20-13-11-9-10-12-19-39-43(4,5)35-31-33(61-59-57-50)22-24-37(35)47(39)28-15-17-30-62(51,52)53/h9-13,19-20,22-25,31-32H,14-18,21,26-30H2,1-8H3,(H2-,49,50,51,52,53)/p+1. The first kappa shape index (κ1) is 52.4. The Labute approximate surface area is 381 Å². The largest absolute Gasteiger partial charge is 0.344 e. The van der Waals surface area contributed by atoms with E-state index in [0.29, 0.717) is 44.5 Å². The van der Waals surface area contributed by atoms with Crippen molar-refractivity contribution in [2.75, 3.05) is 43.1 Å². The van der Waals surface area contributed by atoms with Crippen molar-refractivity contribution < 1.29 is 60.0 Å². The summed E-state index contributed by atoms with van der Waals surface area (Å²) in [5, 5.41) is 24.6. The van der Waals surface area contributed by atoms with Crippen molar-refractivity contribution in [2.45, 2.75) is 108 Å². The van der Waals surface area contributed by atoms with Crippen LogP contribution in [-0.2, 0) is 54.5 Å². The van der Waals surface area contributed by atoms with Gasteiger partial charge in [0.2, 0.25) is 15.7 Å². The van der Waals surface area contributed by atoms with E-state index in [9.17, 15) is 26.2 Å². The van der Waals surface area contributed by atoms with Crippen molar-refractivity contribution in [3.8, 4) is 0 Å². The number of fused-ring (bicyclic) bond motifs is 2. The molecule has 0 unspecified atom stereocenters. The summed E-state index contributed by atoms with van der Waals surface area (Å²) in [6, 6.07) is 11.0. The van der Waals surface area contributed by atoms with E-state index in [0.717, 1.165) is 75.7 Å². The second kappa shape index (κ2) is 22.8. The van der Waals surface area contributed by atoms with E-state index in [-0.39, 0.29) is 23.0 Å². The molecule has 2 aliphatic rings. The van der Waals surface area contributed by atoms with Crippen molar-refractivity contribution in [1.29, 1.82) is 0 Å². The SMILES string of the molecule is CN(CCCC(=O)C(C)(C)C)S(=O)(=O)c1ccc2c(c1)C(C)(C)\C(=C/C=C/C=C/C=C/C1=[N+](CCCCS(=O)(=O)O)c3ccc(SOOO)cc3C1(C)C)N2CCCCSOOO. The zero-order valence-electron chi connectivity index (χ0n) is 37.3. The summed E-state index contributed by atoms with van der Waals surface area (Å²) < 4.78 is 72.3. The molecular formula is C44H62N3O12S4+. The number of allylic oxidation sites excluding steroid dienone is 8. The minimum Gasteiger partial charge on any atom is -0.344 e. The quantitative estimate of drug-likeness (QED) is 0.0162. The molecule has 19 heteroatoms. The van der Waals surface area contributed by atoms with Gasteiger partial charge in [0.1, 0.15) is 12.3 Å². The third-order valence-corrected chi connectivity index (χ3v) is 15.1. The number of carbonyl (C=O) groups is 1. The Bertz CT molecular complexity index is 2300. The molecule has 2 heterocycles. The molecule has 0 radical (unpaired) electrons. The molecule has 63 heavy (non-hydrogen) atoms. The van der Waals surface area contributed by atoms with Crippen LogP contribution in [0, 0.1) is 5.41 Å². The molecule has 0 atom stereocenters. The summed E-state index contributed by atoms with van der Waals surface area (Å²) in [6.45, 7) is 15.3. The smallest absolute Gasteiger partial charge is 0.264 e. The minimum atomic E-state index is -4.07. The fourth-order valence-corrected chi connectivity index (χ4v) is 10.4. The maximum atomic E-state index is 13.8. The molecule has 3 N–H and O–H groups in total. The molecule has 0 fully saturated rings. The number of anilines is 1. The molecule has 15 nitrogen and oxygen atoms in total. The molecule has 2 aliphatic heterocycles. The van der Waals surface area contributed by atoms with E-state index in [4.69, 9.17) is 10.5 Å². The van der Waals surface area contributed by atoms with Gasteiger partial charge in [0.25, 0.3) is 10.1 Å². The molecule has 0 saturated heterocycles. The highest BCUT2D eigenvalue weighted by Crippen LogP contribution is 2.49. The predicted molar refractivity (Wildman–Crippen MR) is 248 cm³/mol. The molecule has 0 aromatic heterocycles. The normalized spacial score (nSPS) is 17.1. The number of Topliss-reactive ketones (excluding diaryl/α,β-unsaturated/α-hetero) is 1. The molecule has 348 valence electrons. The lowest BCUT2D eigenvalue weighted by molar-refractivity contribution is -0.438. The Hall–Kier alpha value is -3.18. The predicted octanol–water partition coefficient (Wildman–Crippen LogP) is 9.37. The molecule has 2 aromatic carbocycles. The van der Waals surface area contributed by atoms with Crippen LogP contribution in [0.2, 0.25) is 0 Å². The van der Waals surface area contributed by atoms with Gasteiger partial charge in [0.05, 0.1) is 28.1 Å². The zero-order chi connectivity index (χ0) is 46.6. The van der Waals surface area contributed by atoms with Crippen molar-refractivity contribution >= 4 is 67.1 Å². The Morgan fingerprint density at radius 1 is 0.857 bits per heavy atom. The van der Waals surface area contributed by atoms with Gasteiger partial charge in [-0.1, -0.05) is 75.1 Å². The monoisotopic (exact) mass is 952 g/mol. The number of hydrogen-bond donors (Lipinski definition) is 3. The Morgan fingerprint density at radius 3 is 2.24 bits per heavy atom. The van der Waals surface area contributed by atoms with E-state index < -0.39 is 36.4 Å². The molecule has 0 amide bonds. The Morgan fingerprint density at radius 2 is 1.56 bits per heavy atom. The van der Waals surface area contributed by atoms with Gasteiger partial charge < -0.3 is 4.90 Å². The summed E-state index contributed by atoms with van der Waals surface area (Å²) in [5.41, 5.74) is 4.24.